The summed E-state index contributed by atoms with van der Waals surface area (Å²) in [5.74, 6) is 0. The van der Waals surface area contributed by atoms with Crippen LogP contribution < -0.4 is 10.6 Å². The molecule has 2 amide bonds. The second-order valence-electron chi connectivity index (χ2n) is 6.23. The number of carbonyl (C=O) groups excluding carboxylic acids is 1. The summed E-state index contributed by atoms with van der Waals surface area (Å²) in [6.07, 6.45) is 4.29. The van der Waals surface area contributed by atoms with Gasteiger partial charge in [0.2, 0.25) is 0 Å². The van der Waals surface area contributed by atoms with E-state index in [9.17, 15) is 4.79 Å². The highest BCUT2D eigenvalue weighted by atomic mass is 35.5. The minimum absolute atomic E-state index is 0. The standard InChI is InChI=1S/C16H32N4O2.ClH/c1-2-6-18-16(21)20(15-5-3-7-17-14-15)9-4-8-19-10-12-22-13-11-19;/h15,17H,2-14H2,1H3,(H,18,21);1H. The van der Waals surface area contributed by atoms with Gasteiger partial charge in [0, 0.05) is 45.3 Å². The zero-order valence-electron chi connectivity index (χ0n) is 14.4. The fourth-order valence-corrected chi connectivity index (χ4v) is 3.17. The lowest BCUT2D eigenvalue weighted by Crippen LogP contribution is -2.53. The molecule has 136 valence electrons. The molecule has 1 unspecified atom stereocenters. The molecule has 6 nitrogen and oxygen atoms in total. The topological polar surface area (TPSA) is 56.8 Å². The molecule has 7 heteroatoms. The van der Waals surface area contributed by atoms with Crippen LogP contribution in [0.3, 0.4) is 0 Å². The molecule has 2 rings (SSSR count). The Balaban J connectivity index is 0.00000264. The van der Waals surface area contributed by atoms with Gasteiger partial charge in [-0.05, 0) is 32.2 Å². The number of carbonyl (C=O) groups is 1. The fraction of sp³-hybridized carbons (Fsp3) is 0.938. The summed E-state index contributed by atoms with van der Waals surface area (Å²) < 4.78 is 5.38. The van der Waals surface area contributed by atoms with E-state index in [1.54, 1.807) is 0 Å². The van der Waals surface area contributed by atoms with E-state index in [-0.39, 0.29) is 18.4 Å². The summed E-state index contributed by atoms with van der Waals surface area (Å²) >= 11 is 0. The number of urea groups is 1. The third kappa shape index (κ3) is 7.25. The molecular weight excluding hydrogens is 316 g/mol. The van der Waals surface area contributed by atoms with Gasteiger partial charge in [-0.15, -0.1) is 12.4 Å². The van der Waals surface area contributed by atoms with Gasteiger partial charge in [0.15, 0.2) is 0 Å². The van der Waals surface area contributed by atoms with Crippen molar-refractivity contribution in [2.45, 2.75) is 38.6 Å². The molecular formula is C16H33ClN4O2. The van der Waals surface area contributed by atoms with Gasteiger partial charge in [0.25, 0.3) is 0 Å². The van der Waals surface area contributed by atoms with Gasteiger partial charge in [-0.1, -0.05) is 6.92 Å². The van der Waals surface area contributed by atoms with Gasteiger partial charge in [0.1, 0.15) is 0 Å². The highest BCUT2D eigenvalue weighted by molar-refractivity contribution is 5.85. The van der Waals surface area contributed by atoms with Crippen LogP contribution in [0.4, 0.5) is 4.79 Å². The monoisotopic (exact) mass is 348 g/mol. The maximum atomic E-state index is 12.4. The molecule has 2 saturated heterocycles. The van der Waals surface area contributed by atoms with Gasteiger partial charge in [-0.25, -0.2) is 4.79 Å². The summed E-state index contributed by atoms with van der Waals surface area (Å²) in [6, 6.07) is 0.452. The minimum atomic E-state index is 0. The molecule has 0 radical (unpaired) electrons. The highest BCUT2D eigenvalue weighted by Crippen LogP contribution is 2.12. The molecule has 1 atom stereocenters. The highest BCUT2D eigenvalue weighted by Gasteiger charge is 2.25. The summed E-state index contributed by atoms with van der Waals surface area (Å²) in [4.78, 5) is 16.9. The molecule has 0 spiro atoms. The van der Waals surface area contributed by atoms with Crippen LogP contribution in [-0.2, 0) is 4.74 Å². The van der Waals surface area contributed by atoms with Gasteiger partial charge in [-0.2, -0.15) is 0 Å². The van der Waals surface area contributed by atoms with Crippen LogP contribution in [-0.4, -0.2) is 80.9 Å². The van der Waals surface area contributed by atoms with Crippen molar-refractivity contribution in [3.63, 3.8) is 0 Å². The van der Waals surface area contributed by atoms with Crippen molar-refractivity contribution in [3.05, 3.63) is 0 Å². The first kappa shape index (κ1) is 20.5. The maximum absolute atomic E-state index is 12.4. The van der Waals surface area contributed by atoms with Crippen LogP contribution in [0.2, 0.25) is 0 Å². The molecule has 2 aliphatic rings. The Morgan fingerprint density at radius 3 is 2.83 bits per heavy atom. The quantitative estimate of drug-likeness (QED) is 0.728. The molecule has 0 bridgehead atoms. The average Bonchev–Trinajstić information content (AvgIpc) is 2.58. The van der Waals surface area contributed by atoms with Crippen molar-refractivity contribution < 1.29 is 9.53 Å². The Hall–Kier alpha value is -0.560. The smallest absolute Gasteiger partial charge is 0.317 e. The van der Waals surface area contributed by atoms with E-state index in [2.05, 4.69) is 27.4 Å². The number of ether oxygens (including phenoxy) is 1. The lowest BCUT2D eigenvalue weighted by Gasteiger charge is -2.35. The molecule has 0 aromatic heterocycles. The van der Waals surface area contributed by atoms with E-state index in [4.69, 9.17) is 4.74 Å². The van der Waals surface area contributed by atoms with Crippen LogP contribution in [0, 0.1) is 0 Å². The molecule has 0 aromatic rings. The van der Waals surface area contributed by atoms with Crippen LogP contribution in [0.5, 0.6) is 0 Å². The summed E-state index contributed by atoms with van der Waals surface area (Å²) in [6.45, 7) is 10.5. The Morgan fingerprint density at radius 2 is 2.17 bits per heavy atom. The number of piperidine rings is 1. The Labute approximate surface area is 146 Å². The summed E-state index contributed by atoms with van der Waals surface area (Å²) in [5.41, 5.74) is 0. The molecule has 0 aromatic carbocycles. The number of halogens is 1. The number of hydrogen-bond acceptors (Lipinski definition) is 4. The van der Waals surface area contributed by atoms with E-state index in [0.717, 1.165) is 84.7 Å². The third-order valence-electron chi connectivity index (χ3n) is 4.48. The van der Waals surface area contributed by atoms with E-state index in [0.29, 0.717) is 6.04 Å². The zero-order valence-corrected chi connectivity index (χ0v) is 15.2. The van der Waals surface area contributed by atoms with Crippen molar-refractivity contribution in [3.8, 4) is 0 Å². The summed E-state index contributed by atoms with van der Waals surface area (Å²) in [7, 11) is 0. The second kappa shape index (κ2) is 11.9. The number of hydrogen-bond donors (Lipinski definition) is 2. The van der Waals surface area contributed by atoms with Crippen LogP contribution in [0.25, 0.3) is 0 Å². The van der Waals surface area contributed by atoms with Crippen molar-refractivity contribution in [1.82, 2.24) is 20.4 Å². The molecule has 0 saturated carbocycles. The SMILES string of the molecule is CCCNC(=O)N(CCCN1CCOCC1)C1CCCNC1.Cl. The zero-order chi connectivity index (χ0) is 15.6. The first-order chi connectivity index (χ1) is 10.8. The van der Waals surface area contributed by atoms with E-state index in [1.165, 1.54) is 0 Å². The van der Waals surface area contributed by atoms with Crippen molar-refractivity contribution in [1.29, 1.82) is 0 Å². The largest absolute Gasteiger partial charge is 0.379 e. The number of amides is 2. The van der Waals surface area contributed by atoms with Crippen LogP contribution >= 0.6 is 12.4 Å². The average molecular weight is 349 g/mol. The van der Waals surface area contributed by atoms with Crippen LogP contribution in [0.15, 0.2) is 0 Å². The van der Waals surface area contributed by atoms with Gasteiger partial charge in [-0.3, -0.25) is 4.90 Å². The fourth-order valence-electron chi connectivity index (χ4n) is 3.17. The minimum Gasteiger partial charge on any atom is -0.379 e. The maximum Gasteiger partial charge on any atom is 0.317 e. The van der Waals surface area contributed by atoms with E-state index in [1.807, 2.05) is 0 Å². The summed E-state index contributed by atoms with van der Waals surface area (Å²) in [5, 5.41) is 6.46. The Bertz CT molecular complexity index is 321. The number of rotatable bonds is 7. The van der Waals surface area contributed by atoms with Crippen molar-refractivity contribution in [2.75, 3.05) is 59.0 Å². The van der Waals surface area contributed by atoms with E-state index >= 15 is 0 Å². The van der Waals surface area contributed by atoms with Crippen molar-refractivity contribution in [2.24, 2.45) is 0 Å². The van der Waals surface area contributed by atoms with Crippen molar-refractivity contribution >= 4 is 18.4 Å². The Morgan fingerprint density at radius 1 is 1.39 bits per heavy atom. The Kier molecular flexibility index (Phi) is 10.6. The normalized spacial score (nSPS) is 22.2. The van der Waals surface area contributed by atoms with Gasteiger partial charge < -0.3 is 20.3 Å². The first-order valence-corrected chi connectivity index (χ1v) is 8.86. The van der Waals surface area contributed by atoms with E-state index < -0.39 is 0 Å². The first-order valence-electron chi connectivity index (χ1n) is 8.86. The van der Waals surface area contributed by atoms with Gasteiger partial charge in [0.05, 0.1) is 13.2 Å². The number of nitrogens with one attached hydrogen (secondary N) is 2. The molecule has 2 aliphatic heterocycles. The van der Waals surface area contributed by atoms with Gasteiger partial charge >= 0.3 is 6.03 Å². The molecule has 2 heterocycles. The molecule has 2 fully saturated rings. The third-order valence-corrected chi connectivity index (χ3v) is 4.48. The number of nitrogens with zero attached hydrogens (tertiary/aromatic N) is 2. The molecule has 0 aliphatic carbocycles. The molecule has 23 heavy (non-hydrogen) atoms. The second-order valence-corrected chi connectivity index (χ2v) is 6.23. The molecule has 2 N–H and O–H groups in total. The predicted octanol–water partition coefficient (Wildman–Crippen LogP) is 1.30. The lowest BCUT2D eigenvalue weighted by molar-refractivity contribution is 0.0359. The number of morpholine rings is 1. The predicted molar refractivity (Wildman–Crippen MR) is 95.4 cm³/mol. The lowest BCUT2D eigenvalue weighted by atomic mass is 10.1. The van der Waals surface area contributed by atoms with Crippen LogP contribution in [0.1, 0.15) is 32.6 Å².